The number of methoxy groups -OCH3 is 1. The number of benzene rings is 1. The van der Waals surface area contributed by atoms with Crippen LogP contribution >= 0.6 is 0 Å². The second kappa shape index (κ2) is 6.87. The van der Waals surface area contributed by atoms with Gasteiger partial charge in [-0.15, -0.1) is 0 Å². The number of ether oxygens (including phenoxy) is 2. The first kappa shape index (κ1) is 14.3. The molecule has 0 amide bonds. The molecular weight excluding hydrogens is 245 g/mol. The van der Waals surface area contributed by atoms with Crippen LogP contribution in [0, 0.1) is 5.82 Å². The zero-order chi connectivity index (χ0) is 13.7. The van der Waals surface area contributed by atoms with E-state index in [-0.39, 0.29) is 11.9 Å². The van der Waals surface area contributed by atoms with Gasteiger partial charge in [-0.1, -0.05) is 6.07 Å². The Kier molecular flexibility index (Phi) is 5.16. The van der Waals surface area contributed by atoms with Gasteiger partial charge in [-0.05, 0) is 37.5 Å². The number of nitrogens with one attached hydrogen (secondary N) is 1. The van der Waals surface area contributed by atoms with E-state index < -0.39 is 0 Å². The number of hydrogen-bond acceptors (Lipinski definition) is 3. The molecule has 106 valence electrons. The van der Waals surface area contributed by atoms with Gasteiger partial charge in [0.1, 0.15) is 0 Å². The lowest BCUT2D eigenvalue weighted by atomic mass is 10.1. The molecule has 1 aliphatic rings. The molecule has 1 atom stereocenters. The van der Waals surface area contributed by atoms with Crippen LogP contribution in [0.15, 0.2) is 18.2 Å². The van der Waals surface area contributed by atoms with Crippen LogP contribution in [0.1, 0.15) is 37.8 Å². The van der Waals surface area contributed by atoms with Gasteiger partial charge in [0, 0.05) is 32.2 Å². The zero-order valence-electron chi connectivity index (χ0n) is 11.6. The normalized spacial score (nSPS) is 16.4. The van der Waals surface area contributed by atoms with Crippen LogP contribution in [0.25, 0.3) is 0 Å². The van der Waals surface area contributed by atoms with Crippen molar-refractivity contribution >= 4 is 0 Å². The van der Waals surface area contributed by atoms with Crippen LogP contribution in [0.3, 0.4) is 0 Å². The first-order chi connectivity index (χ1) is 9.20. The molecule has 0 aromatic heterocycles. The Morgan fingerprint density at radius 2 is 2.16 bits per heavy atom. The Bertz CT molecular complexity index is 407. The quantitative estimate of drug-likeness (QED) is 0.734. The molecule has 0 heterocycles. The van der Waals surface area contributed by atoms with Gasteiger partial charge in [-0.3, -0.25) is 0 Å². The first-order valence-corrected chi connectivity index (χ1v) is 6.88. The SMILES string of the molecule is COCCCOc1cc(C(C)NC2CC2)ccc1F. The minimum Gasteiger partial charge on any atom is -0.490 e. The van der Waals surface area contributed by atoms with Crippen LogP contribution in [-0.4, -0.2) is 26.4 Å². The maximum Gasteiger partial charge on any atom is 0.165 e. The zero-order valence-corrected chi connectivity index (χ0v) is 11.6. The maximum atomic E-state index is 13.6. The molecule has 1 aliphatic carbocycles. The standard InChI is InChI=1S/C15H22FNO2/c1-11(17-13-5-6-13)12-4-7-14(16)15(10-12)19-9-3-8-18-2/h4,7,10-11,13,17H,3,5-6,8-9H2,1-2H3. The summed E-state index contributed by atoms with van der Waals surface area (Å²) < 4.78 is 24.0. The summed E-state index contributed by atoms with van der Waals surface area (Å²) in [5, 5.41) is 3.50. The van der Waals surface area contributed by atoms with Crippen LogP contribution < -0.4 is 10.1 Å². The van der Waals surface area contributed by atoms with Crippen molar-refractivity contribution < 1.29 is 13.9 Å². The van der Waals surface area contributed by atoms with E-state index in [0.717, 1.165) is 12.0 Å². The highest BCUT2D eigenvalue weighted by Crippen LogP contribution is 2.27. The van der Waals surface area contributed by atoms with E-state index in [0.29, 0.717) is 25.0 Å². The third-order valence-corrected chi connectivity index (χ3v) is 3.27. The van der Waals surface area contributed by atoms with Crippen LogP contribution in [0.5, 0.6) is 5.75 Å². The largest absolute Gasteiger partial charge is 0.490 e. The summed E-state index contributed by atoms with van der Waals surface area (Å²) in [4.78, 5) is 0. The Morgan fingerprint density at radius 1 is 1.37 bits per heavy atom. The molecule has 0 spiro atoms. The van der Waals surface area contributed by atoms with E-state index in [9.17, 15) is 4.39 Å². The predicted octanol–water partition coefficient (Wildman–Crippen LogP) is 3.05. The molecule has 1 fully saturated rings. The fourth-order valence-electron chi connectivity index (χ4n) is 1.99. The lowest BCUT2D eigenvalue weighted by molar-refractivity contribution is 0.170. The third-order valence-electron chi connectivity index (χ3n) is 3.27. The van der Waals surface area contributed by atoms with Crippen molar-refractivity contribution in [1.82, 2.24) is 5.32 Å². The molecule has 0 aliphatic heterocycles. The summed E-state index contributed by atoms with van der Waals surface area (Å²) in [6.07, 6.45) is 3.24. The number of halogens is 1. The molecule has 0 saturated heterocycles. The average molecular weight is 267 g/mol. The smallest absolute Gasteiger partial charge is 0.165 e. The molecule has 2 rings (SSSR count). The molecule has 1 saturated carbocycles. The molecule has 1 aromatic rings. The minimum absolute atomic E-state index is 0.231. The minimum atomic E-state index is -0.306. The second-order valence-electron chi connectivity index (χ2n) is 5.05. The van der Waals surface area contributed by atoms with Gasteiger partial charge in [0.15, 0.2) is 11.6 Å². The van der Waals surface area contributed by atoms with E-state index in [2.05, 4.69) is 12.2 Å². The fraction of sp³-hybridized carbons (Fsp3) is 0.600. The van der Waals surface area contributed by atoms with Crippen molar-refractivity contribution in [3.8, 4) is 5.75 Å². The van der Waals surface area contributed by atoms with E-state index >= 15 is 0 Å². The maximum absolute atomic E-state index is 13.6. The van der Waals surface area contributed by atoms with Gasteiger partial charge in [-0.25, -0.2) is 4.39 Å². The lowest BCUT2D eigenvalue weighted by Gasteiger charge is -2.15. The Morgan fingerprint density at radius 3 is 2.84 bits per heavy atom. The molecule has 1 unspecified atom stereocenters. The van der Waals surface area contributed by atoms with Crippen molar-refractivity contribution in [1.29, 1.82) is 0 Å². The molecule has 1 N–H and O–H groups in total. The summed E-state index contributed by atoms with van der Waals surface area (Å²) in [6.45, 7) is 3.19. The van der Waals surface area contributed by atoms with Gasteiger partial charge in [0.25, 0.3) is 0 Å². The summed E-state index contributed by atoms with van der Waals surface area (Å²) >= 11 is 0. The monoisotopic (exact) mass is 267 g/mol. The number of rotatable bonds is 8. The summed E-state index contributed by atoms with van der Waals surface area (Å²) in [6, 6.07) is 5.95. The highest BCUT2D eigenvalue weighted by atomic mass is 19.1. The summed E-state index contributed by atoms with van der Waals surface area (Å²) in [7, 11) is 1.65. The lowest BCUT2D eigenvalue weighted by Crippen LogP contribution is -2.20. The van der Waals surface area contributed by atoms with Crippen molar-refractivity contribution in [2.24, 2.45) is 0 Å². The topological polar surface area (TPSA) is 30.5 Å². The first-order valence-electron chi connectivity index (χ1n) is 6.88. The van der Waals surface area contributed by atoms with Crippen LogP contribution in [0.2, 0.25) is 0 Å². The fourth-order valence-corrected chi connectivity index (χ4v) is 1.99. The molecular formula is C15H22FNO2. The average Bonchev–Trinajstić information content (AvgIpc) is 3.20. The Balaban J connectivity index is 1.93. The summed E-state index contributed by atoms with van der Waals surface area (Å²) in [5.74, 6) is 0.0258. The van der Waals surface area contributed by atoms with E-state index in [1.807, 2.05) is 6.07 Å². The van der Waals surface area contributed by atoms with E-state index in [4.69, 9.17) is 9.47 Å². The molecule has 19 heavy (non-hydrogen) atoms. The molecule has 1 aromatic carbocycles. The van der Waals surface area contributed by atoms with Crippen molar-refractivity contribution in [2.45, 2.75) is 38.3 Å². The van der Waals surface area contributed by atoms with Crippen LogP contribution in [-0.2, 0) is 4.74 Å². The third kappa shape index (κ3) is 4.48. The van der Waals surface area contributed by atoms with Crippen molar-refractivity contribution in [2.75, 3.05) is 20.3 Å². The Labute approximate surface area is 114 Å². The van der Waals surface area contributed by atoms with E-state index in [1.54, 1.807) is 13.2 Å². The summed E-state index contributed by atoms with van der Waals surface area (Å²) in [5.41, 5.74) is 1.06. The van der Waals surface area contributed by atoms with Gasteiger partial charge >= 0.3 is 0 Å². The predicted molar refractivity (Wildman–Crippen MR) is 73.0 cm³/mol. The van der Waals surface area contributed by atoms with Gasteiger partial charge in [0.05, 0.1) is 6.61 Å². The van der Waals surface area contributed by atoms with Crippen molar-refractivity contribution in [3.63, 3.8) is 0 Å². The van der Waals surface area contributed by atoms with Gasteiger partial charge in [-0.2, -0.15) is 0 Å². The van der Waals surface area contributed by atoms with Crippen LogP contribution in [0.4, 0.5) is 4.39 Å². The van der Waals surface area contributed by atoms with Crippen molar-refractivity contribution in [3.05, 3.63) is 29.6 Å². The molecule has 4 heteroatoms. The molecule has 0 radical (unpaired) electrons. The highest BCUT2D eigenvalue weighted by molar-refractivity contribution is 5.32. The van der Waals surface area contributed by atoms with Gasteiger partial charge < -0.3 is 14.8 Å². The molecule has 3 nitrogen and oxygen atoms in total. The van der Waals surface area contributed by atoms with E-state index in [1.165, 1.54) is 18.9 Å². The highest BCUT2D eigenvalue weighted by Gasteiger charge is 2.23. The second-order valence-corrected chi connectivity index (χ2v) is 5.05. The van der Waals surface area contributed by atoms with Gasteiger partial charge in [0.2, 0.25) is 0 Å². The number of hydrogen-bond donors (Lipinski definition) is 1. The molecule has 0 bridgehead atoms. The Hall–Kier alpha value is -1.13.